The Hall–Kier alpha value is -3.61. The lowest BCUT2D eigenvalue weighted by Gasteiger charge is -2.25. The summed E-state index contributed by atoms with van der Waals surface area (Å²) < 4.78 is 11.4. The van der Waals surface area contributed by atoms with Crippen LogP contribution in [-0.2, 0) is 4.79 Å². The van der Waals surface area contributed by atoms with Gasteiger partial charge in [-0.15, -0.1) is 10.2 Å². The van der Waals surface area contributed by atoms with Gasteiger partial charge in [0.05, 0.1) is 5.69 Å². The first-order valence-corrected chi connectivity index (χ1v) is 11.1. The van der Waals surface area contributed by atoms with Crippen molar-refractivity contribution in [1.82, 2.24) is 10.2 Å². The van der Waals surface area contributed by atoms with Crippen molar-refractivity contribution in [2.24, 2.45) is 0 Å². The first-order valence-electron chi connectivity index (χ1n) is 11.1. The van der Waals surface area contributed by atoms with Crippen LogP contribution < -0.4 is 19.7 Å². The number of hydrogen-bond acceptors (Lipinski definition) is 6. The molecule has 2 aromatic carbocycles. The average molecular weight is 431 g/mol. The maximum Gasteiger partial charge on any atom is 0.269 e. The zero-order valence-corrected chi connectivity index (χ0v) is 17.9. The highest BCUT2D eigenvalue weighted by atomic mass is 16.6. The van der Waals surface area contributed by atoms with E-state index in [9.17, 15) is 4.79 Å². The highest BCUT2D eigenvalue weighted by Gasteiger charge is 2.27. The normalized spacial score (nSPS) is 18.0. The third-order valence-corrected chi connectivity index (χ3v) is 5.81. The van der Waals surface area contributed by atoms with Crippen molar-refractivity contribution in [2.45, 2.75) is 31.8 Å². The summed E-state index contributed by atoms with van der Waals surface area (Å²) >= 11 is 0. The molecule has 0 saturated carbocycles. The number of aromatic nitrogens is 2. The Kier molecular flexibility index (Phi) is 5.87. The van der Waals surface area contributed by atoms with E-state index in [2.05, 4.69) is 20.4 Å². The third-order valence-electron chi connectivity index (χ3n) is 5.81. The third kappa shape index (κ3) is 4.51. The minimum atomic E-state index is -0.707. The molecule has 32 heavy (non-hydrogen) atoms. The molecule has 3 aromatic rings. The second-order valence-electron chi connectivity index (χ2n) is 8.11. The summed E-state index contributed by atoms with van der Waals surface area (Å²) in [6.45, 7) is 2.24. The highest BCUT2D eigenvalue weighted by molar-refractivity contribution is 5.95. The molecule has 0 bridgehead atoms. The molecule has 1 unspecified atom stereocenters. The van der Waals surface area contributed by atoms with Crippen LogP contribution in [0, 0.1) is 0 Å². The van der Waals surface area contributed by atoms with Gasteiger partial charge in [0.15, 0.2) is 17.3 Å². The molecule has 3 heterocycles. The summed E-state index contributed by atoms with van der Waals surface area (Å²) in [5.74, 6) is 1.90. The van der Waals surface area contributed by atoms with Gasteiger partial charge in [0, 0.05) is 24.3 Å². The first-order chi connectivity index (χ1) is 15.8. The van der Waals surface area contributed by atoms with Crippen LogP contribution in [0.3, 0.4) is 0 Å². The second kappa shape index (κ2) is 9.26. The van der Waals surface area contributed by atoms with E-state index in [0.29, 0.717) is 17.2 Å². The van der Waals surface area contributed by atoms with Crippen molar-refractivity contribution >= 4 is 17.4 Å². The number of ether oxygens (including phenoxy) is 2. The quantitative estimate of drug-likeness (QED) is 0.665. The zero-order valence-electron chi connectivity index (χ0n) is 17.9. The molecule has 0 spiro atoms. The standard InChI is InChI=1S/C25H26N4O3/c30-25(23-17-31-21-10-3-4-11-22(21)32-23)26-19-9-7-8-18(16-19)20-12-13-24(28-27-20)29-14-5-1-2-6-15-29/h3-4,7-13,16,23H,1-2,5-6,14-15,17H2,(H,26,30). The molecular formula is C25H26N4O3. The fraction of sp³-hybridized carbons (Fsp3) is 0.320. The number of hydrogen-bond donors (Lipinski definition) is 1. The molecule has 164 valence electrons. The Morgan fingerprint density at radius 2 is 1.72 bits per heavy atom. The summed E-state index contributed by atoms with van der Waals surface area (Å²) in [6, 6.07) is 19.0. The van der Waals surface area contributed by atoms with E-state index in [4.69, 9.17) is 9.47 Å². The van der Waals surface area contributed by atoms with Gasteiger partial charge < -0.3 is 19.7 Å². The predicted molar refractivity (Wildman–Crippen MR) is 123 cm³/mol. The number of carbonyl (C=O) groups excluding carboxylic acids is 1. The molecule has 0 aliphatic carbocycles. The first kappa shape index (κ1) is 20.3. The average Bonchev–Trinajstić information content (AvgIpc) is 3.14. The smallest absolute Gasteiger partial charge is 0.269 e. The number of anilines is 2. The van der Waals surface area contributed by atoms with Gasteiger partial charge >= 0.3 is 0 Å². The lowest BCUT2D eigenvalue weighted by atomic mass is 10.1. The van der Waals surface area contributed by atoms with Crippen molar-refractivity contribution in [2.75, 3.05) is 29.9 Å². The predicted octanol–water partition coefficient (Wildman–Crippen LogP) is 4.30. The van der Waals surface area contributed by atoms with Crippen LogP contribution in [0.2, 0.25) is 0 Å². The molecule has 1 amide bonds. The van der Waals surface area contributed by atoms with Crippen molar-refractivity contribution in [3.63, 3.8) is 0 Å². The SMILES string of the molecule is O=C(Nc1cccc(-c2ccc(N3CCCCCC3)nn2)c1)C1COc2ccccc2O1. The van der Waals surface area contributed by atoms with Crippen molar-refractivity contribution < 1.29 is 14.3 Å². The van der Waals surface area contributed by atoms with E-state index >= 15 is 0 Å². The molecule has 1 fully saturated rings. The summed E-state index contributed by atoms with van der Waals surface area (Å²) in [5, 5.41) is 11.8. The Morgan fingerprint density at radius 3 is 2.50 bits per heavy atom. The zero-order chi connectivity index (χ0) is 21.8. The van der Waals surface area contributed by atoms with E-state index < -0.39 is 6.10 Å². The maximum atomic E-state index is 12.7. The Morgan fingerprint density at radius 1 is 0.906 bits per heavy atom. The lowest BCUT2D eigenvalue weighted by molar-refractivity contribution is -0.125. The molecule has 1 aromatic heterocycles. The van der Waals surface area contributed by atoms with E-state index in [-0.39, 0.29) is 12.5 Å². The van der Waals surface area contributed by atoms with Gasteiger partial charge in [-0.3, -0.25) is 4.79 Å². The molecule has 5 rings (SSSR count). The van der Waals surface area contributed by atoms with Crippen LogP contribution in [0.4, 0.5) is 11.5 Å². The van der Waals surface area contributed by atoms with Crippen LogP contribution in [0.15, 0.2) is 60.7 Å². The Labute approximate surface area is 187 Å². The van der Waals surface area contributed by atoms with Crippen molar-refractivity contribution in [1.29, 1.82) is 0 Å². The largest absolute Gasteiger partial charge is 0.485 e. The van der Waals surface area contributed by atoms with Crippen LogP contribution in [0.5, 0.6) is 11.5 Å². The molecular weight excluding hydrogens is 404 g/mol. The van der Waals surface area contributed by atoms with Crippen molar-refractivity contribution in [3.05, 3.63) is 60.7 Å². The number of rotatable bonds is 4. The Bertz CT molecular complexity index is 1080. The molecule has 1 N–H and O–H groups in total. The van der Waals surface area contributed by atoms with Gasteiger partial charge in [-0.2, -0.15) is 0 Å². The van der Waals surface area contributed by atoms with E-state index in [1.54, 1.807) is 6.07 Å². The van der Waals surface area contributed by atoms with E-state index in [1.807, 2.05) is 54.6 Å². The number of carbonyl (C=O) groups is 1. The number of fused-ring (bicyclic) bond motifs is 1. The monoisotopic (exact) mass is 430 g/mol. The van der Waals surface area contributed by atoms with E-state index in [1.165, 1.54) is 25.7 Å². The molecule has 7 nitrogen and oxygen atoms in total. The second-order valence-corrected chi connectivity index (χ2v) is 8.11. The topological polar surface area (TPSA) is 76.6 Å². The number of nitrogens with one attached hydrogen (secondary N) is 1. The van der Waals surface area contributed by atoms with Crippen LogP contribution in [0.1, 0.15) is 25.7 Å². The van der Waals surface area contributed by atoms with Gasteiger partial charge in [0.25, 0.3) is 5.91 Å². The fourth-order valence-corrected chi connectivity index (χ4v) is 4.08. The highest BCUT2D eigenvalue weighted by Crippen LogP contribution is 2.31. The lowest BCUT2D eigenvalue weighted by Crippen LogP contribution is -2.40. The van der Waals surface area contributed by atoms with Gasteiger partial charge in [-0.1, -0.05) is 37.1 Å². The van der Waals surface area contributed by atoms with Gasteiger partial charge in [0.2, 0.25) is 6.10 Å². The molecule has 7 heteroatoms. The van der Waals surface area contributed by atoms with Gasteiger partial charge in [-0.05, 0) is 49.2 Å². The number of para-hydroxylation sites is 2. The summed E-state index contributed by atoms with van der Waals surface area (Å²) in [6.07, 6.45) is 4.26. The molecule has 2 aliphatic heterocycles. The minimum Gasteiger partial charge on any atom is -0.485 e. The fourth-order valence-electron chi connectivity index (χ4n) is 4.08. The number of benzene rings is 2. The molecule has 1 atom stereocenters. The van der Waals surface area contributed by atoms with E-state index in [0.717, 1.165) is 30.2 Å². The van der Waals surface area contributed by atoms with Gasteiger partial charge in [0.1, 0.15) is 6.61 Å². The summed E-state index contributed by atoms with van der Waals surface area (Å²) in [4.78, 5) is 15.0. The van der Waals surface area contributed by atoms with Crippen LogP contribution >= 0.6 is 0 Å². The molecule has 0 radical (unpaired) electrons. The minimum absolute atomic E-state index is 0.173. The summed E-state index contributed by atoms with van der Waals surface area (Å²) in [5.41, 5.74) is 2.34. The van der Waals surface area contributed by atoms with Gasteiger partial charge in [-0.25, -0.2) is 0 Å². The number of amides is 1. The number of nitrogens with zero attached hydrogens (tertiary/aromatic N) is 3. The Balaban J connectivity index is 1.26. The van der Waals surface area contributed by atoms with Crippen molar-refractivity contribution in [3.8, 4) is 22.8 Å². The molecule has 1 saturated heterocycles. The van der Waals surface area contributed by atoms with Crippen LogP contribution in [0.25, 0.3) is 11.3 Å². The summed E-state index contributed by atoms with van der Waals surface area (Å²) in [7, 11) is 0. The molecule has 2 aliphatic rings. The maximum absolute atomic E-state index is 12.7. The van der Waals surface area contributed by atoms with Crippen LogP contribution in [-0.4, -0.2) is 41.9 Å².